The highest BCUT2D eigenvalue weighted by atomic mass is 79.9. The van der Waals surface area contributed by atoms with Crippen LogP contribution >= 0.6 is 39.3 Å². The molecule has 2 rings (SSSR count). The van der Waals surface area contributed by atoms with Crippen molar-refractivity contribution in [3.8, 4) is 0 Å². The van der Waals surface area contributed by atoms with E-state index in [0.717, 1.165) is 36.0 Å². The van der Waals surface area contributed by atoms with Crippen molar-refractivity contribution in [2.75, 3.05) is 18.1 Å². The molecule has 0 N–H and O–H groups in total. The summed E-state index contributed by atoms with van der Waals surface area (Å²) in [5.74, 6) is 0.0801. The standard InChI is InChI=1S/C15H19BrClNOS/c1-20-12-6-7-14(17)13(10-12)15(19)18(9-3-8-16)11-4-2-5-11/h6-7,10-11H,2-5,8-9H2,1H3. The van der Waals surface area contributed by atoms with E-state index < -0.39 is 0 Å². The smallest absolute Gasteiger partial charge is 0.255 e. The topological polar surface area (TPSA) is 20.3 Å². The first-order chi connectivity index (χ1) is 9.67. The van der Waals surface area contributed by atoms with Gasteiger partial charge in [-0.1, -0.05) is 27.5 Å². The molecule has 110 valence electrons. The zero-order valence-corrected chi connectivity index (χ0v) is 14.7. The Hall–Kier alpha value is -0.190. The van der Waals surface area contributed by atoms with Gasteiger partial charge >= 0.3 is 0 Å². The maximum atomic E-state index is 12.8. The first-order valence-electron chi connectivity index (χ1n) is 6.88. The number of alkyl halides is 1. The average molecular weight is 377 g/mol. The van der Waals surface area contributed by atoms with Gasteiger partial charge in [0.25, 0.3) is 5.91 Å². The average Bonchev–Trinajstić information content (AvgIpc) is 2.41. The van der Waals surface area contributed by atoms with Crippen molar-refractivity contribution in [2.24, 2.45) is 0 Å². The van der Waals surface area contributed by atoms with Crippen LogP contribution < -0.4 is 0 Å². The van der Waals surface area contributed by atoms with Crippen LogP contribution in [0.3, 0.4) is 0 Å². The first kappa shape index (κ1) is 16.2. The fourth-order valence-electron chi connectivity index (χ4n) is 2.33. The number of thioether (sulfide) groups is 1. The molecule has 1 aromatic rings. The van der Waals surface area contributed by atoms with Crippen molar-refractivity contribution in [1.82, 2.24) is 4.90 Å². The second-order valence-corrected chi connectivity index (χ2v) is 7.05. The summed E-state index contributed by atoms with van der Waals surface area (Å²) in [7, 11) is 0. The van der Waals surface area contributed by atoms with E-state index in [4.69, 9.17) is 11.6 Å². The predicted octanol–water partition coefficient (Wildman–Crippen LogP) is 4.84. The van der Waals surface area contributed by atoms with Gasteiger partial charge in [0.1, 0.15) is 0 Å². The molecule has 0 spiro atoms. The number of hydrogen-bond acceptors (Lipinski definition) is 2. The molecule has 0 atom stereocenters. The maximum absolute atomic E-state index is 12.8. The van der Waals surface area contributed by atoms with Crippen LogP contribution in [0.4, 0.5) is 0 Å². The molecular weight excluding hydrogens is 358 g/mol. The Labute approximate surface area is 138 Å². The predicted molar refractivity (Wildman–Crippen MR) is 90.3 cm³/mol. The van der Waals surface area contributed by atoms with Gasteiger partial charge in [0.05, 0.1) is 10.6 Å². The molecule has 0 unspecified atom stereocenters. The van der Waals surface area contributed by atoms with Gasteiger partial charge in [0.2, 0.25) is 0 Å². The van der Waals surface area contributed by atoms with Crippen molar-refractivity contribution in [3.63, 3.8) is 0 Å². The quantitative estimate of drug-likeness (QED) is 0.523. The Bertz CT molecular complexity index is 479. The lowest BCUT2D eigenvalue weighted by molar-refractivity contribution is 0.0581. The van der Waals surface area contributed by atoms with Crippen LogP contribution in [-0.2, 0) is 0 Å². The third kappa shape index (κ3) is 3.71. The van der Waals surface area contributed by atoms with Crippen LogP contribution in [-0.4, -0.2) is 35.0 Å². The third-order valence-electron chi connectivity index (χ3n) is 3.71. The molecule has 5 heteroatoms. The highest BCUT2D eigenvalue weighted by Crippen LogP contribution is 2.29. The van der Waals surface area contributed by atoms with Gasteiger partial charge in [-0.2, -0.15) is 0 Å². The van der Waals surface area contributed by atoms with Crippen molar-refractivity contribution in [3.05, 3.63) is 28.8 Å². The molecule has 1 aliphatic carbocycles. The van der Waals surface area contributed by atoms with Gasteiger partial charge in [-0.25, -0.2) is 0 Å². The van der Waals surface area contributed by atoms with Gasteiger partial charge in [-0.05, 0) is 50.1 Å². The summed E-state index contributed by atoms with van der Waals surface area (Å²) < 4.78 is 0. The zero-order chi connectivity index (χ0) is 14.5. The van der Waals surface area contributed by atoms with Gasteiger partial charge in [-0.15, -0.1) is 11.8 Å². The second-order valence-electron chi connectivity index (χ2n) is 4.97. The Morgan fingerprint density at radius 1 is 1.50 bits per heavy atom. The highest BCUT2D eigenvalue weighted by molar-refractivity contribution is 9.09. The number of hydrogen-bond donors (Lipinski definition) is 0. The molecule has 1 amide bonds. The molecular formula is C15H19BrClNOS. The number of benzene rings is 1. The molecule has 0 aromatic heterocycles. The summed E-state index contributed by atoms with van der Waals surface area (Å²) in [6.45, 7) is 0.800. The summed E-state index contributed by atoms with van der Waals surface area (Å²) >= 11 is 11.3. The number of carbonyl (C=O) groups excluding carboxylic acids is 1. The molecule has 0 radical (unpaired) electrons. The van der Waals surface area contributed by atoms with Crippen LogP contribution in [0, 0.1) is 0 Å². The van der Waals surface area contributed by atoms with Gasteiger partial charge < -0.3 is 4.90 Å². The van der Waals surface area contributed by atoms with E-state index in [9.17, 15) is 4.79 Å². The zero-order valence-electron chi connectivity index (χ0n) is 11.6. The minimum Gasteiger partial charge on any atom is -0.336 e. The van der Waals surface area contributed by atoms with Crippen LogP contribution in [0.5, 0.6) is 0 Å². The molecule has 1 fully saturated rings. The molecule has 20 heavy (non-hydrogen) atoms. The van der Waals surface area contributed by atoms with E-state index in [1.54, 1.807) is 11.8 Å². The van der Waals surface area contributed by atoms with Gasteiger partial charge in [0.15, 0.2) is 0 Å². The number of carbonyl (C=O) groups is 1. The normalized spacial score (nSPS) is 14.9. The largest absolute Gasteiger partial charge is 0.336 e. The van der Waals surface area contributed by atoms with Gasteiger partial charge in [-0.3, -0.25) is 4.79 Å². The summed E-state index contributed by atoms with van der Waals surface area (Å²) in [6.07, 6.45) is 6.44. The van der Waals surface area contributed by atoms with Crippen LogP contribution in [0.1, 0.15) is 36.0 Å². The van der Waals surface area contributed by atoms with E-state index in [0.29, 0.717) is 16.6 Å². The van der Waals surface area contributed by atoms with Crippen molar-refractivity contribution < 1.29 is 4.79 Å². The SMILES string of the molecule is CSc1ccc(Cl)c(C(=O)N(CCCBr)C2CCC2)c1. The maximum Gasteiger partial charge on any atom is 0.255 e. The fourth-order valence-corrected chi connectivity index (χ4v) is 3.22. The molecule has 1 aliphatic rings. The lowest BCUT2D eigenvalue weighted by Gasteiger charge is -2.37. The van der Waals surface area contributed by atoms with Crippen molar-refractivity contribution >= 4 is 45.2 Å². The Morgan fingerprint density at radius 3 is 2.80 bits per heavy atom. The molecule has 0 aliphatic heterocycles. The Balaban J connectivity index is 2.21. The minimum atomic E-state index is 0.0801. The molecule has 1 aromatic carbocycles. The minimum absolute atomic E-state index is 0.0801. The van der Waals surface area contributed by atoms with E-state index in [1.807, 2.05) is 29.4 Å². The molecule has 0 bridgehead atoms. The summed E-state index contributed by atoms with van der Waals surface area (Å²) in [5, 5.41) is 1.47. The van der Waals surface area contributed by atoms with Crippen LogP contribution in [0.2, 0.25) is 5.02 Å². The summed E-state index contributed by atoms with van der Waals surface area (Å²) in [4.78, 5) is 15.9. The van der Waals surface area contributed by atoms with Crippen molar-refractivity contribution in [2.45, 2.75) is 36.6 Å². The summed E-state index contributed by atoms with van der Waals surface area (Å²) in [6, 6.07) is 6.09. The monoisotopic (exact) mass is 375 g/mol. The Morgan fingerprint density at radius 2 is 2.25 bits per heavy atom. The number of halogens is 2. The number of amides is 1. The Kier molecular flexibility index (Phi) is 6.24. The van der Waals surface area contributed by atoms with Crippen LogP contribution in [0.25, 0.3) is 0 Å². The summed E-state index contributed by atoms with van der Waals surface area (Å²) in [5.41, 5.74) is 0.639. The fraction of sp³-hybridized carbons (Fsp3) is 0.533. The van der Waals surface area contributed by atoms with Crippen LogP contribution in [0.15, 0.2) is 23.1 Å². The molecule has 0 saturated heterocycles. The van der Waals surface area contributed by atoms with Crippen molar-refractivity contribution in [1.29, 1.82) is 0 Å². The third-order valence-corrected chi connectivity index (χ3v) is 5.33. The number of nitrogens with zero attached hydrogens (tertiary/aromatic N) is 1. The van der Waals surface area contributed by atoms with E-state index >= 15 is 0 Å². The second kappa shape index (κ2) is 7.71. The molecule has 1 saturated carbocycles. The lowest BCUT2D eigenvalue weighted by Crippen LogP contribution is -2.45. The van der Waals surface area contributed by atoms with E-state index in [1.165, 1.54) is 6.42 Å². The number of rotatable bonds is 6. The van der Waals surface area contributed by atoms with Gasteiger partial charge in [0, 0.05) is 22.8 Å². The highest BCUT2D eigenvalue weighted by Gasteiger charge is 2.29. The lowest BCUT2D eigenvalue weighted by atomic mass is 9.91. The molecule has 0 heterocycles. The van der Waals surface area contributed by atoms with E-state index in [2.05, 4.69) is 15.9 Å². The first-order valence-corrected chi connectivity index (χ1v) is 9.60. The molecule has 2 nitrogen and oxygen atoms in total. The van der Waals surface area contributed by atoms with E-state index in [-0.39, 0.29) is 5.91 Å².